The second-order valence-corrected chi connectivity index (χ2v) is 6.37. The molecule has 21 heavy (non-hydrogen) atoms. The van der Waals surface area contributed by atoms with E-state index in [0.717, 1.165) is 24.8 Å². The average molecular weight is 307 g/mol. The van der Waals surface area contributed by atoms with Gasteiger partial charge < -0.3 is 10.0 Å². The highest BCUT2D eigenvalue weighted by molar-refractivity contribution is 7.13. The predicted molar refractivity (Wildman–Crippen MR) is 83.6 cm³/mol. The molecule has 0 spiro atoms. The van der Waals surface area contributed by atoms with Crippen LogP contribution in [0.5, 0.6) is 0 Å². The van der Waals surface area contributed by atoms with Gasteiger partial charge in [0.25, 0.3) is 0 Å². The lowest BCUT2D eigenvalue weighted by Crippen LogP contribution is -2.53. The van der Waals surface area contributed by atoms with E-state index in [1.807, 2.05) is 23.8 Å². The van der Waals surface area contributed by atoms with Gasteiger partial charge in [-0.1, -0.05) is 0 Å². The first-order valence-corrected chi connectivity index (χ1v) is 8.14. The summed E-state index contributed by atoms with van der Waals surface area (Å²) in [7, 11) is 0. The maximum Gasteiger partial charge on any atom is 0.185 e. The van der Waals surface area contributed by atoms with Crippen molar-refractivity contribution in [2.45, 2.75) is 25.6 Å². The number of aliphatic hydroxyl groups excluding tert-OH is 1. The minimum atomic E-state index is -0.386. The number of piperazine rings is 1. The molecule has 0 amide bonds. The van der Waals surface area contributed by atoms with Gasteiger partial charge in [-0.15, -0.1) is 11.3 Å². The first-order valence-electron chi connectivity index (χ1n) is 7.26. The predicted octanol–water partition coefficient (Wildman–Crippen LogP) is 0.911. The van der Waals surface area contributed by atoms with E-state index in [4.69, 9.17) is 0 Å². The summed E-state index contributed by atoms with van der Waals surface area (Å²) in [5, 5.41) is 17.4. The Morgan fingerprint density at radius 1 is 1.38 bits per heavy atom. The quantitative estimate of drug-likeness (QED) is 0.890. The van der Waals surface area contributed by atoms with Crippen molar-refractivity contribution in [3.63, 3.8) is 0 Å². The van der Waals surface area contributed by atoms with Gasteiger partial charge in [0.1, 0.15) is 0 Å². The SMILES string of the molecule is C[C@@H]1CN(C[C@@H](O)Cn2cccn2)CCN1c1nccs1. The van der Waals surface area contributed by atoms with Gasteiger partial charge >= 0.3 is 0 Å². The molecule has 0 radical (unpaired) electrons. The van der Waals surface area contributed by atoms with E-state index in [0.29, 0.717) is 19.1 Å². The Bertz CT molecular complexity index is 528. The molecule has 1 aliphatic heterocycles. The third-order valence-corrected chi connectivity index (χ3v) is 4.61. The highest BCUT2D eigenvalue weighted by Gasteiger charge is 2.26. The Morgan fingerprint density at radius 2 is 2.29 bits per heavy atom. The molecule has 1 N–H and O–H groups in total. The summed E-state index contributed by atoms with van der Waals surface area (Å²) >= 11 is 1.69. The molecule has 7 heteroatoms. The number of aliphatic hydroxyl groups is 1. The van der Waals surface area contributed by atoms with Crippen LogP contribution in [0.2, 0.25) is 0 Å². The fourth-order valence-corrected chi connectivity index (χ4v) is 3.59. The smallest absolute Gasteiger partial charge is 0.185 e. The van der Waals surface area contributed by atoms with Crippen LogP contribution in [0.15, 0.2) is 30.0 Å². The fraction of sp³-hybridized carbons (Fsp3) is 0.571. The normalized spacial score (nSPS) is 21.6. The molecule has 2 aromatic heterocycles. The van der Waals surface area contributed by atoms with Gasteiger partial charge in [0.05, 0.1) is 12.6 Å². The summed E-state index contributed by atoms with van der Waals surface area (Å²) in [5.41, 5.74) is 0. The van der Waals surface area contributed by atoms with Crippen LogP contribution in [-0.2, 0) is 6.54 Å². The Morgan fingerprint density at radius 3 is 2.95 bits per heavy atom. The number of hydrogen-bond acceptors (Lipinski definition) is 6. The second kappa shape index (κ2) is 6.55. The Labute approximate surface area is 128 Å². The monoisotopic (exact) mass is 307 g/mol. The lowest BCUT2D eigenvalue weighted by molar-refractivity contribution is 0.0863. The lowest BCUT2D eigenvalue weighted by Gasteiger charge is -2.40. The number of β-amino-alcohol motifs (C(OH)–C–C–N with tert-alkyl or cyclic N) is 1. The Hall–Kier alpha value is -1.44. The lowest BCUT2D eigenvalue weighted by atomic mass is 10.2. The molecule has 0 saturated carbocycles. The molecule has 0 aromatic carbocycles. The Balaban J connectivity index is 1.50. The van der Waals surface area contributed by atoms with E-state index in [9.17, 15) is 5.11 Å². The van der Waals surface area contributed by atoms with Crippen LogP contribution in [-0.4, -0.2) is 63.1 Å². The van der Waals surface area contributed by atoms with Crippen molar-refractivity contribution in [2.24, 2.45) is 0 Å². The summed E-state index contributed by atoms with van der Waals surface area (Å²) in [6.45, 7) is 6.33. The van der Waals surface area contributed by atoms with E-state index in [2.05, 4.69) is 26.8 Å². The topological polar surface area (TPSA) is 57.4 Å². The first kappa shape index (κ1) is 14.5. The third kappa shape index (κ3) is 3.61. The van der Waals surface area contributed by atoms with E-state index in [1.54, 1.807) is 22.2 Å². The first-order chi connectivity index (χ1) is 10.2. The molecule has 3 rings (SSSR count). The largest absolute Gasteiger partial charge is 0.390 e. The minimum Gasteiger partial charge on any atom is -0.390 e. The van der Waals surface area contributed by atoms with Crippen LogP contribution in [0.4, 0.5) is 5.13 Å². The van der Waals surface area contributed by atoms with Gasteiger partial charge in [-0.25, -0.2) is 4.98 Å². The fourth-order valence-electron chi connectivity index (χ4n) is 2.82. The van der Waals surface area contributed by atoms with Gasteiger partial charge in [-0.05, 0) is 13.0 Å². The van der Waals surface area contributed by atoms with E-state index < -0.39 is 0 Å². The van der Waals surface area contributed by atoms with Crippen molar-refractivity contribution < 1.29 is 5.11 Å². The highest BCUT2D eigenvalue weighted by Crippen LogP contribution is 2.22. The summed E-state index contributed by atoms with van der Waals surface area (Å²) < 4.78 is 1.78. The van der Waals surface area contributed by atoms with Gasteiger partial charge in [0.2, 0.25) is 0 Å². The number of anilines is 1. The molecule has 1 fully saturated rings. The van der Waals surface area contributed by atoms with E-state index in [1.165, 1.54) is 0 Å². The summed E-state index contributed by atoms with van der Waals surface area (Å²) in [6, 6.07) is 2.29. The molecule has 2 atom stereocenters. The molecule has 3 heterocycles. The molecule has 114 valence electrons. The molecule has 0 unspecified atom stereocenters. The molecular formula is C14H21N5OS. The van der Waals surface area contributed by atoms with Gasteiger partial charge in [0, 0.05) is 56.2 Å². The third-order valence-electron chi connectivity index (χ3n) is 3.80. The summed E-state index contributed by atoms with van der Waals surface area (Å²) in [5.74, 6) is 0. The molecular weight excluding hydrogens is 286 g/mol. The average Bonchev–Trinajstić information content (AvgIpc) is 3.11. The van der Waals surface area contributed by atoms with Crippen molar-refractivity contribution in [1.29, 1.82) is 0 Å². The van der Waals surface area contributed by atoms with Crippen LogP contribution < -0.4 is 4.90 Å². The molecule has 2 aromatic rings. The second-order valence-electron chi connectivity index (χ2n) is 5.50. The number of aromatic nitrogens is 3. The highest BCUT2D eigenvalue weighted by atomic mass is 32.1. The van der Waals surface area contributed by atoms with Gasteiger partial charge in [-0.2, -0.15) is 5.10 Å². The Kier molecular flexibility index (Phi) is 4.52. The molecule has 1 saturated heterocycles. The molecule has 1 aliphatic rings. The zero-order chi connectivity index (χ0) is 14.7. The van der Waals surface area contributed by atoms with Crippen molar-refractivity contribution in [3.05, 3.63) is 30.0 Å². The van der Waals surface area contributed by atoms with Crippen molar-refractivity contribution in [2.75, 3.05) is 31.1 Å². The number of thiazole rings is 1. The molecule has 0 bridgehead atoms. The minimum absolute atomic E-state index is 0.386. The van der Waals surface area contributed by atoms with Crippen LogP contribution in [0.3, 0.4) is 0 Å². The summed E-state index contributed by atoms with van der Waals surface area (Å²) in [4.78, 5) is 9.06. The van der Waals surface area contributed by atoms with Gasteiger partial charge in [-0.3, -0.25) is 9.58 Å². The summed E-state index contributed by atoms with van der Waals surface area (Å²) in [6.07, 6.45) is 5.09. The van der Waals surface area contributed by atoms with Crippen LogP contribution in [0.25, 0.3) is 0 Å². The number of hydrogen-bond donors (Lipinski definition) is 1. The zero-order valence-electron chi connectivity index (χ0n) is 12.2. The van der Waals surface area contributed by atoms with Crippen LogP contribution in [0, 0.1) is 0 Å². The van der Waals surface area contributed by atoms with Crippen LogP contribution >= 0.6 is 11.3 Å². The van der Waals surface area contributed by atoms with Gasteiger partial charge in [0.15, 0.2) is 5.13 Å². The van der Waals surface area contributed by atoms with Crippen molar-refractivity contribution in [3.8, 4) is 0 Å². The molecule has 6 nitrogen and oxygen atoms in total. The zero-order valence-corrected chi connectivity index (χ0v) is 13.0. The van der Waals surface area contributed by atoms with Crippen LogP contribution in [0.1, 0.15) is 6.92 Å². The molecule has 0 aliphatic carbocycles. The number of rotatable bonds is 5. The van der Waals surface area contributed by atoms with E-state index in [-0.39, 0.29) is 6.10 Å². The van der Waals surface area contributed by atoms with E-state index >= 15 is 0 Å². The maximum absolute atomic E-state index is 10.2. The maximum atomic E-state index is 10.2. The van der Waals surface area contributed by atoms with Crippen molar-refractivity contribution in [1.82, 2.24) is 19.7 Å². The standard InChI is InChI=1S/C14H21N5OS/c1-12-9-17(6-7-19(12)14-15-4-8-21-14)10-13(20)11-18-5-2-3-16-18/h2-5,8,12-13,20H,6-7,9-11H2,1H3/t12-,13-/m1/s1. The van der Waals surface area contributed by atoms with Crippen molar-refractivity contribution >= 4 is 16.5 Å². The number of nitrogens with zero attached hydrogens (tertiary/aromatic N) is 5.